The van der Waals surface area contributed by atoms with Crippen LogP contribution in [0, 0.1) is 5.92 Å². The summed E-state index contributed by atoms with van der Waals surface area (Å²) in [6.07, 6.45) is 10.8. The van der Waals surface area contributed by atoms with Gasteiger partial charge in [0.05, 0.1) is 35.9 Å². The summed E-state index contributed by atoms with van der Waals surface area (Å²) in [5, 5.41) is 9.68. The van der Waals surface area contributed by atoms with E-state index >= 15 is 0 Å². The van der Waals surface area contributed by atoms with Gasteiger partial charge in [0, 0.05) is 31.4 Å². The van der Waals surface area contributed by atoms with Crippen LogP contribution in [0.25, 0.3) is 0 Å². The molecule has 0 bridgehead atoms. The van der Waals surface area contributed by atoms with Crippen LogP contribution in [0.3, 0.4) is 0 Å². The summed E-state index contributed by atoms with van der Waals surface area (Å²) >= 11 is 0. The molecule has 5 rings (SSSR count). The molecule has 2 aliphatic heterocycles. The predicted molar refractivity (Wildman–Crippen MR) is 118 cm³/mol. The maximum absolute atomic E-state index is 5.74. The summed E-state index contributed by atoms with van der Waals surface area (Å²) in [5.74, 6) is 0.250. The van der Waals surface area contributed by atoms with Gasteiger partial charge in [0.2, 0.25) is 0 Å². The van der Waals surface area contributed by atoms with Crippen molar-refractivity contribution in [2.45, 2.75) is 44.1 Å². The summed E-state index contributed by atoms with van der Waals surface area (Å²) < 4.78 is 5.74. The lowest BCUT2D eigenvalue weighted by Gasteiger charge is -2.52. The van der Waals surface area contributed by atoms with Gasteiger partial charge < -0.3 is 4.74 Å². The SMILES string of the molecule is c1ccc(C2=NN=C(c3ccccn3)C3(N4CCOCC4)CCCCCCC23)nc1. The molecule has 1 saturated carbocycles. The average Bonchev–Trinajstić information content (AvgIpc) is 2.81. The first-order valence-electron chi connectivity index (χ1n) is 11.2. The molecule has 0 spiro atoms. The molecule has 6 nitrogen and oxygen atoms in total. The Morgan fingerprint density at radius 1 is 0.833 bits per heavy atom. The van der Waals surface area contributed by atoms with E-state index in [0.717, 1.165) is 62.0 Å². The number of pyridine rings is 2. The van der Waals surface area contributed by atoms with Crippen molar-refractivity contribution in [3.63, 3.8) is 0 Å². The van der Waals surface area contributed by atoms with Gasteiger partial charge in [-0.2, -0.15) is 10.2 Å². The van der Waals surface area contributed by atoms with E-state index in [2.05, 4.69) is 22.0 Å². The maximum atomic E-state index is 5.74. The Labute approximate surface area is 178 Å². The van der Waals surface area contributed by atoms with Crippen LogP contribution in [0.15, 0.2) is 59.0 Å². The summed E-state index contributed by atoms with van der Waals surface area (Å²) in [6.45, 7) is 3.36. The Hall–Kier alpha value is -2.44. The second-order valence-electron chi connectivity index (χ2n) is 8.39. The van der Waals surface area contributed by atoms with Crippen LogP contribution in [0.2, 0.25) is 0 Å². The van der Waals surface area contributed by atoms with E-state index in [-0.39, 0.29) is 11.5 Å². The number of hydrogen-bond acceptors (Lipinski definition) is 6. The summed E-state index contributed by atoms with van der Waals surface area (Å²) in [4.78, 5) is 12.0. The number of rotatable bonds is 3. The Kier molecular flexibility index (Phi) is 5.69. The van der Waals surface area contributed by atoms with Crippen molar-refractivity contribution < 1.29 is 4.74 Å². The quantitative estimate of drug-likeness (QED) is 0.783. The second-order valence-corrected chi connectivity index (χ2v) is 8.39. The fraction of sp³-hybridized carbons (Fsp3) is 0.500. The third-order valence-electron chi connectivity index (χ3n) is 6.79. The van der Waals surface area contributed by atoms with E-state index in [1.165, 1.54) is 25.7 Å². The monoisotopic (exact) mass is 403 g/mol. The topological polar surface area (TPSA) is 63.0 Å². The molecule has 2 aromatic rings. The molecular formula is C24H29N5O. The molecule has 0 aromatic carbocycles. The van der Waals surface area contributed by atoms with Crippen LogP contribution in [0.1, 0.15) is 49.9 Å². The number of fused-ring (bicyclic) bond motifs is 1. The van der Waals surface area contributed by atoms with E-state index in [9.17, 15) is 0 Å². The van der Waals surface area contributed by atoms with Gasteiger partial charge in [-0.1, -0.05) is 37.8 Å². The highest BCUT2D eigenvalue weighted by Gasteiger charge is 2.53. The van der Waals surface area contributed by atoms with Crippen molar-refractivity contribution in [2.75, 3.05) is 26.3 Å². The summed E-state index contributed by atoms with van der Waals surface area (Å²) in [5.41, 5.74) is 3.73. The normalized spacial score (nSPS) is 27.9. The van der Waals surface area contributed by atoms with Crippen LogP contribution in [-0.4, -0.2) is 58.1 Å². The average molecular weight is 404 g/mol. The number of morpholine rings is 1. The van der Waals surface area contributed by atoms with Gasteiger partial charge >= 0.3 is 0 Å². The first-order valence-corrected chi connectivity index (χ1v) is 11.2. The number of hydrogen-bond donors (Lipinski definition) is 0. The Balaban J connectivity index is 1.70. The lowest BCUT2D eigenvalue weighted by molar-refractivity contribution is -0.0164. The molecule has 3 aliphatic rings. The van der Waals surface area contributed by atoms with E-state index in [4.69, 9.17) is 19.9 Å². The van der Waals surface area contributed by atoms with Crippen LogP contribution in [-0.2, 0) is 4.74 Å². The smallest absolute Gasteiger partial charge is 0.110 e. The van der Waals surface area contributed by atoms with Gasteiger partial charge in [0.15, 0.2) is 0 Å². The molecule has 0 N–H and O–H groups in total. The minimum Gasteiger partial charge on any atom is -0.379 e. The van der Waals surface area contributed by atoms with Crippen molar-refractivity contribution in [3.8, 4) is 0 Å². The van der Waals surface area contributed by atoms with E-state index in [0.29, 0.717) is 0 Å². The van der Waals surface area contributed by atoms with Crippen LogP contribution < -0.4 is 0 Å². The number of nitrogens with zero attached hydrogens (tertiary/aromatic N) is 5. The van der Waals surface area contributed by atoms with Gasteiger partial charge in [0.25, 0.3) is 0 Å². The van der Waals surface area contributed by atoms with Crippen molar-refractivity contribution in [3.05, 3.63) is 60.2 Å². The first kappa shape index (κ1) is 19.5. The largest absolute Gasteiger partial charge is 0.379 e. The molecule has 0 amide bonds. The Morgan fingerprint density at radius 2 is 1.57 bits per heavy atom. The summed E-state index contributed by atoms with van der Waals surface area (Å²) in [7, 11) is 0. The fourth-order valence-corrected chi connectivity index (χ4v) is 5.43. The standard InChI is InChI=1S/C24H29N5O/c1-2-6-12-24(29-15-17-30-18-16-29)19(9-3-1)22(20-10-4-7-13-25-20)27-28-23(24)21-11-5-8-14-26-21/h4-5,7-8,10-11,13-14,19H,1-3,6,9,12,15-18H2. The van der Waals surface area contributed by atoms with Crippen LogP contribution >= 0.6 is 0 Å². The highest BCUT2D eigenvalue weighted by Crippen LogP contribution is 2.43. The molecule has 4 heterocycles. The van der Waals surface area contributed by atoms with Gasteiger partial charge in [-0.3, -0.25) is 14.9 Å². The highest BCUT2D eigenvalue weighted by molar-refractivity contribution is 6.14. The zero-order chi connectivity index (χ0) is 20.2. The number of aromatic nitrogens is 2. The van der Waals surface area contributed by atoms with E-state index in [1.54, 1.807) is 0 Å². The molecule has 2 atom stereocenters. The highest BCUT2D eigenvalue weighted by atomic mass is 16.5. The van der Waals surface area contributed by atoms with E-state index in [1.807, 2.05) is 36.7 Å². The minimum atomic E-state index is -0.215. The first-order chi connectivity index (χ1) is 14.9. The molecule has 1 aliphatic carbocycles. The molecule has 6 heteroatoms. The number of ether oxygens (including phenoxy) is 1. The lowest BCUT2D eigenvalue weighted by atomic mass is 9.66. The van der Waals surface area contributed by atoms with Crippen LogP contribution in [0.4, 0.5) is 0 Å². The molecule has 0 radical (unpaired) electrons. The van der Waals surface area contributed by atoms with Gasteiger partial charge in [-0.05, 0) is 37.1 Å². The van der Waals surface area contributed by atoms with Gasteiger partial charge in [-0.15, -0.1) is 0 Å². The molecule has 30 heavy (non-hydrogen) atoms. The molecule has 1 saturated heterocycles. The molecular weight excluding hydrogens is 374 g/mol. The lowest BCUT2D eigenvalue weighted by Crippen LogP contribution is -2.65. The fourth-order valence-electron chi connectivity index (χ4n) is 5.43. The van der Waals surface area contributed by atoms with Crippen molar-refractivity contribution >= 4 is 11.4 Å². The zero-order valence-electron chi connectivity index (χ0n) is 17.4. The Morgan fingerprint density at radius 3 is 2.30 bits per heavy atom. The third-order valence-corrected chi connectivity index (χ3v) is 6.79. The molecule has 2 unspecified atom stereocenters. The van der Waals surface area contributed by atoms with Crippen molar-refractivity contribution in [1.82, 2.24) is 14.9 Å². The predicted octanol–water partition coefficient (Wildman–Crippen LogP) is 3.73. The van der Waals surface area contributed by atoms with Crippen molar-refractivity contribution in [2.24, 2.45) is 16.1 Å². The maximum Gasteiger partial charge on any atom is 0.110 e. The van der Waals surface area contributed by atoms with Crippen molar-refractivity contribution in [1.29, 1.82) is 0 Å². The molecule has 156 valence electrons. The summed E-state index contributed by atoms with van der Waals surface area (Å²) in [6, 6.07) is 12.2. The second kappa shape index (κ2) is 8.74. The van der Waals surface area contributed by atoms with Crippen LogP contribution in [0.5, 0.6) is 0 Å². The van der Waals surface area contributed by atoms with Gasteiger partial charge in [-0.25, -0.2) is 0 Å². The van der Waals surface area contributed by atoms with Gasteiger partial charge in [0.1, 0.15) is 5.71 Å². The molecule has 2 fully saturated rings. The third kappa shape index (κ3) is 3.48. The minimum absolute atomic E-state index is 0.215. The molecule has 2 aromatic heterocycles. The zero-order valence-corrected chi connectivity index (χ0v) is 17.4. The van der Waals surface area contributed by atoms with E-state index < -0.39 is 0 Å². The Bertz CT molecular complexity index is 908.